The van der Waals surface area contributed by atoms with E-state index in [9.17, 15) is 4.79 Å². The molecule has 4 heterocycles. The smallest absolute Gasteiger partial charge is 0.290 e. The summed E-state index contributed by atoms with van der Waals surface area (Å²) in [5.74, 6) is -0.497. The van der Waals surface area contributed by atoms with Crippen LogP contribution in [0.5, 0.6) is 0 Å². The van der Waals surface area contributed by atoms with Gasteiger partial charge in [-0.05, 0) is 31.0 Å². The van der Waals surface area contributed by atoms with Gasteiger partial charge in [-0.1, -0.05) is 0 Å². The van der Waals surface area contributed by atoms with Gasteiger partial charge in [-0.2, -0.15) is 10.2 Å². The summed E-state index contributed by atoms with van der Waals surface area (Å²) in [7, 11) is 1.71. The van der Waals surface area contributed by atoms with E-state index in [4.69, 9.17) is 12.3 Å². The van der Waals surface area contributed by atoms with Gasteiger partial charge in [0, 0.05) is 60.6 Å². The van der Waals surface area contributed by atoms with Crippen molar-refractivity contribution < 1.29 is 4.39 Å². The lowest BCUT2D eigenvalue weighted by Gasteiger charge is -2.21. The quantitative estimate of drug-likeness (QED) is 0.468. The number of fused-ring (bicyclic) bond motifs is 1. The SMILES string of the molecule is [C-]#[N+]c1c(N2CCCC2)ccc(F)c1-c1c(-c2cnc3c(=O)[nH]nc(CN)c3c2)cnn1C. The van der Waals surface area contributed by atoms with Crippen molar-refractivity contribution in [1.82, 2.24) is 25.0 Å². The van der Waals surface area contributed by atoms with Crippen molar-refractivity contribution in [3.63, 3.8) is 0 Å². The van der Waals surface area contributed by atoms with Gasteiger partial charge in [0.15, 0.2) is 0 Å². The molecule has 33 heavy (non-hydrogen) atoms. The Morgan fingerprint density at radius 1 is 1.27 bits per heavy atom. The Labute approximate surface area is 188 Å². The maximum absolute atomic E-state index is 15.3. The molecule has 0 aliphatic carbocycles. The summed E-state index contributed by atoms with van der Waals surface area (Å²) in [5.41, 5.74) is 8.97. The molecule has 1 aliphatic heterocycles. The number of nitrogens with zero attached hydrogens (tertiary/aromatic N) is 6. The highest BCUT2D eigenvalue weighted by atomic mass is 19.1. The fraction of sp³-hybridized carbons (Fsp3) is 0.261. The second-order valence-electron chi connectivity index (χ2n) is 7.95. The second-order valence-corrected chi connectivity index (χ2v) is 7.95. The van der Waals surface area contributed by atoms with E-state index in [1.54, 1.807) is 30.1 Å². The molecule has 1 aromatic carbocycles. The summed E-state index contributed by atoms with van der Waals surface area (Å²) < 4.78 is 16.8. The molecule has 0 amide bonds. The summed E-state index contributed by atoms with van der Waals surface area (Å²) >= 11 is 0. The van der Waals surface area contributed by atoms with E-state index in [2.05, 4.69) is 30.0 Å². The van der Waals surface area contributed by atoms with Gasteiger partial charge in [-0.15, -0.1) is 0 Å². The summed E-state index contributed by atoms with van der Waals surface area (Å²) in [6.45, 7) is 9.64. The minimum Gasteiger partial charge on any atom is -0.380 e. The van der Waals surface area contributed by atoms with Crippen molar-refractivity contribution in [3.05, 3.63) is 63.9 Å². The molecule has 3 aromatic heterocycles. The van der Waals surface area contributed by atoms with Crippen LogP contribution in [0.4, 0.5) is 15.8 Å². The molecule has 166 valence electrons. The molecule has 0 radical (unpaired) electrons. The number of H-pyrrole nitrogens is 1. The van der Waals surface area contributed by atoms with Crippen LogP contribution < -0.4 is 16.2 Å². The van der Waals surface area contributed by atoms with Gasteiger partial charge < -0.3 is 10.6 Å². The number of pyridine rings is 1. The van der Waals surface area contributed by atoms with Crippen LogP contribution in [-0.4, -0.2) is 38.1 Å². The lowest BCUT2D eigenvalue weighted by atomic mass is 9.98. The highest BCUT2D eigenvalue weighted by Gasteiger charge is 2.26. The Hall–Kier alpha value is -4.10. The number of nitrogens with one attached hydrogen (secondary N) is 1. The number of hydrogen-bond acceptors (Lipinski definition) is 6. The van der Waals surface area contributed by atoms with Crippen molar-refractivity contribution >= 4 is 22.3 Å². The van der Waals surface area contributed by atoms with Crippen LogP contribution >= 0.6 is 0 Å². The predicted molar refractivity (Wildman–Crippen MR) is 123 cm³/mol. The second kappa shape index (κ2) is 8.11. The fourth-order valence-electron chi connectivity index (χ4n) is 4.45. The monoisotopic (exact) mass is 444 g/mol. The molecule has 1 aliphatic rings. The third-order valence-corrected chi connectivity index (χ3v) is 6.05. The Balaban J connectivity index is 1.75. The summed E-state index contributed by atoms with van der Waals surface area (Å²) in [6.07, 6.45) is 5.23. The first-order valence-electron chi connectivity index (χ1n) is 10.6. The van der Waals surface area contributed by atoms with Crippen LogP contribution in [0.15, 0.2) is 35.4 Å². The van der Waals surface area contributed by atoms with E-state index in [1.807, 2.05) is 0 Å². The minimum absolute atomic E-state index is 0.118. The number of anilines is 1. The van der Waals surface area contributed by atoms with Gasteiger partial charge in [0.2, 0.25) is 5.69 Å². The van der Waals surface area contributed by atoms with Crippen LogP contribution in [0.2, 0.25) is 0 Å². The Kier molecular flexibility index (Phi) is 5.11. The highest BCUT2D eigenvalue weighted by molar-refractivity contribution is 5.95. The number of benzene rings is 1. The Bertz CT molecular complexity index is 1480. The van der Waals surface area contributed by atoms with Crippen LogP contribution in [0.1, 0.15) is 18.5 Å². The molecular weight excluding hydrogens is 423 g/mol. The van der Waals surface area contributed by atoms with E-state index in [1.165, 1.54) is 12.3 Å². The average Bonchev–Trinajstić information content (AvgIpc) is 3.49. The standard InChI is InChI=1S/C23H21FN8O/c1-26-21-18(32-7-3-4-8-32)6-5-16(24)19(21)22-15(12-28-31(22)2)13-9-14-17(10-25)29-30-23(33)20(14)27-11-13/h5-6,9,11-12H,3-4,7-8,10,25H2,2H3,(H,30,33). The molecule has 0 saturated carbocycles. The van der Waals surface area contributed by atoms with Gasteiger partial charge in [0.25, 0.3) is 5.56 Å². The molecule has 4 aromatic rings. The van der Waals surface area contributed by atoms with Crippen LogP contribution in [0, 0.1) is 12.4 Å². The first-order chi connectivity index (χ1) is 16.0. The third kappa shape index (κ3) is 3.34. The first kappa shape index (κ1) is 20.8. The zero-order chi connectivity index (χ0) is 23.1. The molecule has 0 atom stereocenters. The van der Waals surface area contributed by atoms with Crippen molar-refractivity contribution in [3.8, 4) is 22.4 Å². The van der Waals surface area contributed by atoms with Crippen molar-refractivity contribution in [2.24, 2.45) is 12.8 Å². The van der Waals surface area contributed by atoms with Crippen LogP contribution in [0.25, 0.3) is 38.1 Å². The van der Waals surface area contributed by atoms with E-state index in [-0.39, 0.29) is 23.3 Å². The van der Waals surface area contributed by atoms with E-state index >= 15 is 4.39 Å². The number of nitrogens with two attached hydrogens (primary N) is 1. The van der Waals surface area contributed by atoms with Crippen molar-refractivity contribution in [1.29, 1.82) is 0 Å². The van der Waals surface area contributed by atoms with E-state index < -0.39 is 11.4 Å². The summed E-state index contributed by atoms with van der Waals surface area (Å²) in [5, 5.41) is 11.3. The predicted octanol–water partition coefficient (Wildman–Crippen LogP) is 3.13. The molecule has 1 saturated heterocycles. The molecular formula is C23H21FN8O. The van der Waals surface area contributed by atoms with Gasteiger partial charge in [0.1, 0.15) is 11.3 Å². The summed E-state index contributed by atoms with van der Waals surface area (Å²) in [4.78, 5) is 22.3. The maximum atomic E-state index is 15.3. The van der Waals surface area contributed by atoms with E-state index in [0.717, 1.165) is 31.6 Å². The zero-order valence-corrected chi connectivity index (χ0v) is 18.0. The van der Waals surface area contributed by atoms with Crippen LogP contribution in [0.3, 0.4) is 0 Å². The lowest BCUT2D eigenvalue weighted by Crippen LogP contribution is -2.18. The third-order valence-electron chi connectivity index (χ3n) is 6.05. The van der Waals surface area contributed by atoms with Crippen molar-refractivity contribution in [2.75, 3.05) is 18.0 Å². The molecule has 0 bridgehead atoms. The Morgan fingerprint density at radius 3 is 2.79 bits per heavy atom. The van der Waals surface area contributed by atoms with Gasteiger partial charge in [0.05, 0.1) is 24.2 Å². The molecule has 0 unspecified atom stereocenters. The number of aryl methyl sites for hydroxylation is 1. The van der Waals surface area contributed by atoms with Gasteiger partial charge in [-0.25, -0.2) is 19.3 Å². The molecule has 3 N–H and O–H groups in total. The Morgan fingerprint density at radius 2 is 2.06 bits per heavy atom. The topological polar surface area (TPSA) is 110 Å². The summed E-state index contributed by atoms with van der Waals surface area (Å²) in [6, 6.07) is 4.84. The van der Waals surface area contributed by atoms with Gasteiger partial charge >= 0.3 is 0 Å². The molecule has 9 nitrogen and oxygen atoms in total. The number of hydrogen-bond donors (Lipinski definition) is 2. The highest BCUT2D eigenvalue weighted by Crippen LogP contribution is 2.44. The maximum Gasteiger partial charge on any atom is 0.290 e. The lowest BCUT2D eigenvalue weighted by molar-refractivity contribution is 0.628. The molecule has 5 rings (SSSR count). The molecule has 1 fully saturated rings. The van der Waals surface area contributed by atoms with Crippen LogP contribution in [-0.2, 0) is 13.6 Å². The number of aromatic nitrogens is 5. The minimum atomic E-state index is -0.497. The fourth-order valence-corrected chi connectivity index (χ4v) is 4.45. The average molecular weight is 444 g/mol. The largest absolute Gasteiger partial charge is 0.380 e. The number of rotatable bonds is 4. The zero-order valence-electron chi connectivity index (χ0n) is 18.0. The van der Waals surface area contributed by atoms with Crippen molar-refractivity contribution in [2.45, 2.75) is 19.4 Å². The normalized spacial score (nSPS) is 13.6. The first-order valence-corrected chi connectivity index (χ1v) is 10.6. The van der Waals surface area contributed by atoms with Gasteiger partial charge in [-0.3, -0.25) is 9.48 Å². The van der Waals surface area contributed by atoms with E-state index in [0.29, 0.717) is 27.9 Å². The molecule has 0 spiro atoms. The number of halogens is 1. The number of aromatic amines is 1. The molecule has 10 heteroatoms.